The molecule has 2 N–H and O–H groups in total. The van der Waals surface area contributed by atoms with Crippen LogP contribution in [0.25, 0.3) is 0 Å². The fourth-order valence-corrected chi connectivity index (χ4v) is 2.67. The Kier molecular flexibility index (Phi) is 6.72. The first-order valence-electron chi connectivity index (χ1n) is 8.75. The number of carbonyl (C=O) groups is 1. The molecule has 0 bridgehead atoms. The van der Waals surface area contributed by atoms with Crippen molar-refractivity contribution in [1.82, 2.24) is 0 Å². The van der Waals surface area contributed by atoms with Gasteiger partial charge in [-0.3, -0.25) is 4.79 Å². The van der Waals surface area contributed by atoms with Crippen molar-refractivity contribution in [1.29, 1.82) is 0 Å². The second-order valence-corrected chi connectivity index (χ2v) is 6.46. The van der Waals surface area contributed by atoms with Crippen LogP contribution in [0.1, 0.15) is 5.56 Å². The fourth-order valence-electron chi connectivity index (χ4n) is 2.55. The highest BCUT2D eigenvalue weighted by Crippen LogP contribution is 2.18. The van der Waals surface area contributed by atoms with Gasteiger partial charge < -0.3 is 15.4 Å². The summed E-state index contributed by atoms with van der Waals surface area (Å²) in [6.07, 6.45) is 0.849. The van der Waals surface area contributed by atoms with Crippen molar-refractivity contribution in [2.75, 3.05) is 23.8 Å². The normalized spacial score (nSPS) is 10.3. The molecule has 5 heteroatoms. The minimum atomic E-state index is -0.132. The number of benzene rings is 3. The smallest absolute Gasteiger partial charge is 0.243 e. The van der Waals surface area contributed by atoms with Gasteiger partial charge in [-0.2, -0.15) is 0 Å². The molecule has 4 nitrogen and oxygen atoms in total. The van der Waals surface area contributed by atoms with Gasteiger partial charge in [-0.1, -0.05) is 48.0 Å². The van der Waals surface area contributed by atoms with Crippen molar-refractivity contribution >= 4 is 28.9 Å². The van der Waals surface area contributed by atoms with Crippen molar-refractivity contribution in [3.63, 3.8) is 0 Å². The number of halogens is 1. The third-order valence-corrected chi connectivity index (χ3v) is 4.17. The molecule has 0 heterocycles. The van der Waals surface area contributed by atoms with Gasteiger partial charge in [-0.05, 0) is 42.0 Å². The number of nitrogens with one attached hydrogen (secondary N) is 2. The van der Waals surface area contributed by atoms with Crippen molar-refractivity contribution in [2.24, 2.45) is 0 Å². The second kappa shape index (κ2) is 9.64. The Bertz CT molecular complexity index is 867. The molecule has 0 atom stereocenters. The van der Waals surface area contributed by atoms with Crippen LogP contribution in [0.3, 0.4) is 0 Å². The average Bonchev–Trinajstić information content (AvgIpc) is 2.69. The van der Waals surface area contributed by atoms with E-state index in [1.165, 1.54) is 5.56 Å². The monoisotopic (exact) mass is 380 g/mol. The highest BCUT2D eigenvalue weighted by molar-refractivity contribution is 6.30. The SMILES string of the molecule is O=C(CNc1cccc(OCCc2ccccc2)c1)Nc1ccc(Cl)cc1. The van der Waals surface area contributed by atoms with Gasteiger partial charge in [-0.15, -0.1) is 0 Å². The summed E-state index contributed by atoms with van der Waals surface area (Å²) in [5, 5.41) is 6.56. The molecule has 0 saturated heterocycles. The van der Waals surface area contributed by atoms with Crippen molar-refractivity contribution < 1.29 is 9.53 Å². The van der Waals surface area contributed by atoms with Crippen LogP contribution >= 0.6 is 11.6 Å². The van der Waals surface area contributed by atoms with Gasteiger partial charge in [0.05, 0.1) is 13.2 Å². The first-order chi connectivity index (χ1) is 13.2. The van der Waals surface area contributed by atoms with Crippen LogP contribution in [0.5, 0.6) is 5.75 Å². The van der Waals surface area contributed by atoms with Crippen LogP contribution in [0.4, 0.5) is 11.4 Å². The second-order valence-electron chi connectivity index (χ2n) is 6.02. The lowest BCUT2D eigenvalue weighted by Gasteiger charge is -2.10. The van der Waals surface area contributed by atoms with Crippen molar-refractivity contribution in [3.05, 3.63) is 89.4 Å². The van der Waals surface area contributed by atoms with Crippen LogP contribution in [-0.4, -0.2) is 19.1 Å². The van der Waals surface area contributed by atoms with Crippen LogP contribution in [-0.2, 0) is 11.2 Å². The zero-order valence-electron chi connectivity index (χ0n) is 14.8. The third-order valence-electron chi connectivity index (χ3n) is 3.92. The molecule has 27 heavy (non-hydrogen) atoms. The summed E-state index contributed by atoms with van der Waals surface area (Å²) >= 11 is 5.84. The highest BCUT2D eigenvalue weighted by atomic mass is 35.5. The summed E-state index contributed by atoms with van der Waals surface area (Å²) in [5.74, 6) is 0.641. The van der Waals surface area contributed by atoms with Gasteiger partial charge in [0.2, 0.25) is 5.91 Å². The Morgan fingerprint density at radius 3 is 2.44 bits per heavy atom. The van der Waals surface area contributed by atoms with E-state index in [-0.39, 0.29) is 12.5 Å². The van der Waals surface area contributed by atoms with E-state index in [1.54, 1.807) is 24.3 Å². The van der Waals surface area contributed by atoms with E-state index >= 15 is 0 Å². The molecule has 3 aromatic rings. The minimum Gasteiger partial charge on any atom is -0.493 e. The lowest BCUT2D eigenvalue weighted by atomic mass is 10.2. The Labute approximate surface area is 164 Å². The topological polar surface area (TPSA) is 50.4 Å². The third kappa shape index (κ3) is 6.35. The number of anilines is 2. The van der Waals surface area contributed by atoms with Crippen molar-refractivity contribution in [3.8, 4) is 5.75 Å². The summed E-state index contributed by atoms with van der Waals surface area (Å²) < 4.78 is 5.81. The molecule has 3 aromatic carbocycles. The quantitative estimate of drug-likeness (QED) is 0.577. The van der Waals surface area contributed by atoms with E-state index in [9.17, 15) is 4.79 Å². The maximum absolute atomic E-state index is 12.0. The average molecular weight is 381 g/mol. The molecular weight excluding hydrogens is 360 g/mol. The van der Waals surface area contributed by atoms with Crippen LogP contribution < -0.4 is 15.4 Å². The molecule has 0 unspecified atom stereocenters. The number of carbonyl (C=O) groups excluding carboxylic acids is 1. The van der Waals surface area contributed by atoms with E-state index in [4.69, 9.17) is 16.3 Å². The number of amides is 1. The molecular formula is C22H21ClN2O2. The fraction of sp³-hybridized carbons (Fsp3) is 0.136. The summed E-state index contributed by atoms with van der Waals surface area (Å²) in [5.41, 5.74) is 2.79. The standard InChI is InChI=1S/C22H21ClN2O2/c23-18-9-11-19(12-10-18)25-22(26)16-24-20-7-4-8-21(15-20)27-14-13-17-5-2-1-3-6-17/h1-12,15,24H,13-14,16H2,(H,25,26). The highest BCUT2D eigenvalue weighted by Gasteiger charge is 2.03. The molecule has 0 aliphatic carbocycles. The summed E-state index contributed by atoms with van der Waals surface area (Å²) in [6, 6.07) is 24.8. The molecule has 3 rings (SSSR count). The Hall–Kier alpha value is -2.98. The molecule has 0 radical (unpaired) electrons. The predicted octanol–water partition coefficient (Wildman–Crippen LogP) is 5.01. The predicted molar refractivity (Wildman–Crippen MR) is 111 cm³/mol. The van der Waals surface area contributed by atoms with E-state index in [0.29, 0.717) is 17.3 Å². The van der Waals surface area contributed by atoms with E-state index < -0.39 is 0 Å². The van der Waals surface area contributed by atoms with Crippen LogP contribution in [0.15, 0.2) is 78.9 Å². The lowest BCUT2D eigenvalue weighted by Crippen LogP contribution is -2.21. The molecule has 0 aliphatic rings. The molecule has 0 spiro atoms. The molecule has 0 fully saturated rings. The number of rotatable bonds is 8. The Morgan fingerprint density at radius 1 is 0.889 bits per heavy atom. The first kappa shape index (κ1) is 18.8. The van der Waals surface area contributed by atoms with Gasteiger partial charge in [0.15, 0.2) is 0 Å². The summed E-state index contributed by atoms with van der Waals surface area (Å²) in [4.78, 5) is 12.0. The van der Waals surface area contributed by atoms with Gasteiger partial charge in [0.25, 0.3) is 0 Å². The number of hydrogen-bond donors (Lipinski definition) is 2. The largest absolute Gasteiger partial charge is 0.493 e. The zero-order chi connectivity index (χ0) is 18.9. The van der Waals surface area contributed by atoms with Gasteiger partial charge in [0.1, 0.15) is 5.75 Å². The van der Waals surface area contributed by atoms with Crippen LogP contribution in [0, 0.1) is 0 Å². The number of hydrogen-bond acceptors (Lipinski definition) is 3. The zero-order valence-corrected chi connectivity index (χ0v) is 15.6. The lowest BCUT2D eigenvalue weighted by molar-refractivity contribution is -0.114. The molecule has 0 aliphatic heterocycles. The maximum atomic E-state index is 12.0. The molecule has 0 aromatic heterocycles. The van der Waals surface area contributed by atoms with Crippen molar-refractivity contribution in [2.45, 2.75) is 6.42 Å². The molecule has 1 amide bonds. The summed E-state index contributed by atoms with van der Waals surface area (Å²) in [7, 11) is 0. The van der Waals surface area contributed by atoms with Gasteiger partial charge in [0, 0.05) is 28.9 Å². The number of ether oxygens (including phenoxy) is 1. The van der Waals surface area contributed by atoms with E-state index in [2.05, 4.69) is 22.8 Å². The van der Waals surface area contributed by atoms with E-state index in [0.717, 1.165) is 17.9 Å². The minimum absolute atomic E-state index is 0.132. The Balaban J connectivity index is 1.45. The van der Waals surface area contributed by atoms with Gasteiger partial charge in [-0.25, -0.2) is 0 Å². The molecule has 0 saturated carbocycles. The molecule has 138 valence electrons. The van der Waals surface area contributed by atoms with Gasteiger partial charge >= 0.3 is 0 Å². The maximum Gasteiger partial charge on any atom is 0.243 e. The van der Waals surface area contributed by atoms with Crippen LogP contribution in [0.2, 0.25) is 5.02 Å². The summed E-state index contributed by atoms with van der Waals surface area (Å²) in [6.45, 7) is 0.764. The first-order valence-corrected chi connectivity index (χ1v) is 9.13. The Morgan fingerprint density at radius 2 is 1.67 bits per heavy atom. The van der Waals surface area contributed by atoms with E-state index in [1.807, 2.05) is 42.5 Å².